The van der Waals surface area contributed by atoms with Crippen LogP contribution in [-0.4, -0.2) is 27.5 Å². The molecule has 138 valence electrons. The van der Waals surface area contributed by atoms with Crippen LogP contribution in [-0.2, 0) is 0 Å². The summed E-state index contributed by atoms with van der Waals surface area (Å²) < 4.78 is 6.57. The molecule has 0 bridgehead atoms. The molecule has 27 heavy (non-hydrogen) atoms. The van der Waals surface area contributed by atoms with Gasteiger partial charge in [-0.2, -0.15) is 4.98 Å². The fourth-order valence-corrected chi connectivity index (χ4v) is 3.75. The van der Waals surface area contributed by atoms with Crippen molar-refractivity contribution in [1.82, 2.24) is 15.0 Å². The molecule has 1 aromatic heterocycles. The summed E-state index contributed by atoms with van der Waals surface area (Å²) in [7, 11) is 0. The summed E-state index contributed by atoms with van der Waals surface area (Å²) in [5.74, 6) is 1.09. The first-order valence-corrected chi connectivity index (χ1v) is 9.89. The van der Waals surface area contributed by atoms with Gasteiger partial charge in [0.15, 0.2) is 0 Å². The maximum atomic E-state index is 13.1. The smallest absolute Gasteiger partial charge is 0.254 e. The fraction of sp³-hybridized carbons (Fsp3) is 0.286. The summed E-state index contributed by atoms with van der Waals surface area (Å²) in [5, 5.41) is 4.14. The maximum Gasteiger partial charge on any atom is 0.254 e. The minimum Gasteiger partial charge on any atom is -0.337 e. The number of carbonyl (C=O) groups is 1. The van der Waals surface area contributed by atoms with E-state index >= 15 is 0 Å². The number of benzene rings is 2. The van der Waals surface area contributed by atoms with Gasteiger partial charge in [0.05, 0.1) is 0 Å². The summed E-state index contributed by atoms with van der Waals surface area (Å²) in [6.07, 6.45) is 2.86. The SMILES string of the molecule is Cc1ccccc1C(=O)N1CCCCC1c1nc(-c2ccc(Br)cc2)no1. The van der Waals surface area contributed by atoms with Crippen LogP contribution in [0.25, 0.3) is 11.4 Å². The number of hydrogen-bond donors (Lipinski definition) is 0. The van der Waals surface area contributed by atoms with Crippen molar-refractivity contribution in [2.75, 3.05) is 6.54 Å². The average Bonchev–Trinajstić information content (AvgIpc) is 3.18. The Hall–Kier alpha value is -2.47. The van der Waals surface area contributed by atoms with Gasteiger partial charge < -0.3 is 9.42 Å². The third-order valence-electron chi connectivity index (χ3n) is 4.97. The Labute approximate surface area is 166 Å². The Morgan fingerprint density at radius 3 is 2.70 bits per heavy atom. The minimum absolute atomic E-state index is 0.0289. The molecule has 1 atom stereocenters. The number of carbonyl (C=O) groups excluding carboxylic acids is 1. The van der Waals surface area contributed by atoms with E-state index < -0.39 is 0 Å². The molecule has 1 aliphatic heterocycles. The van der Waals surface area contributed by atoms with Gasteiger partial charge in [0.1, 0.15) is 6.04 Å². The highest BCUT2D eigenvalue weighted by Crippen LogP contribution is 2.32. The predicted octanol–water partition coefficient (Wildman–Crippen LogP) is 5.17. The van der Waals surface area contributed by atoms with Crippen LogP contribution >= 0.6 is 15.9 Å². The Morgan fingerprint density at radius 1 is 1.15 bits per heavy atom. The van der Waals surface area contributed by atoms with E-state index in [4.69, 9.17) is 4.52 Å². The van der Waals surface area contributed by atoms with Gasteiger partial charge >= 0.3 is 0 Å². The zero-order chi connectivity index (χ0) is 18.8. The summed E-state index contributed by atoms with van der Waals surface area (Å²) >= 11 is 3.43. The minimum atomic E-state index is -0.178. The van der Waals surface area contributed by atoms with Gasteiger partial charge in [0.25, 0.3) is 5.91 Å². The molecule has 3 aromatic rings. The number of amides is 1. The van der Waals surface area contributed by atoms with Gasteiger partial charge in [-0.15, -0.1) is 0 Å². The highest BCUT2D eigenvalue weighted by atomic mass is 79.9. The van der Waals surface area contributed by atoms with Crippen molar-refractivity contribution >= 4 is 21.8 Å². The second kappa shape index (κ2) is 7.64. The molecule has 0 aliphatic carbocycles. The molecule has 5 nitrogen and oxygen atoms in total. The largest absolute Gasteiger partial charge is 0.337 e. The summed E-state index contributed by atoms with van der Waals surface area (Å²) in [4.78, 5) is 19.6. The van der Waals surface area contributed by atoms with Crippen LogP contribution in [0, 0.1) is 6.92 Å². The van der Waals surface area contributed by atoms with Crippen LogP contribution < -0.4 is 0 Å². The standard InChI is InChI=1S/C21H20BrN3O2/c1-14-6-2-3-7-17(14)21(26)25-13-5-4-8-18(25)20-23-19(24-27-20)15-9-11-16(22)12-10-15/h2-3,6-7,9-12,18H,4-5,8,13H2,1H3. The van der Waals surface area contributed by atoms with Crippen LogP contribution in [0.4, 0.5) is 0 Å². The molecule has 1 fully saturated rings. The molecule has 1 amide bonds. The zero-order valence-electron chi connectivity index (χ0n) is 15.1. The summed E-state index contributed by atoms with van der Waals surface area (Å²) in [5.41, 5.74) is 2.60. The van der Waals surface area contributed by atoms with Gasteiger partial charge in [-0.05, 0) is 62.1 Å². The third kappa shape index (κ3) is 3.67. The van der Waals surface area contributed by atoms with E-state index in [0.29, 0.717) is 18.3 Å². The van der Waals surface area contributed by atoms with E-state index in [9.17, 15) is 4.79 Å². The second-order valence-electron chi connectivity index (χ2n) is 6.79. The van der Waals surface area contributed by atoms with E-state index in [0.717, 1.165) is 40.4 Å². The first-order chi connectivity index (χ1) is 13.1. The lowest BCUT2D eigenvalue weighted by Gasteiger charge is -2.33. The number of halogens is 1. The third-order valence-corrected chi connectivity index (χ3v) is 5.50. The number of nitrogens with zero attached hydrogens (tertiary/aromatic N) is 3. The van der Waals surface area contributed by atoms with Crippen molar-refractivity contribution in [3.05, 3.63) is 70.0 Å². The average molecular weight is 426 g/mol. The number of hydrogen-bond acceptors (Lipinski definition) is 4. The van der Waals surface area contributed by atoms with Crippen LogP contribution in [0.15, 0.2) is 57.5 Å². The van der Waals surface area contributed by atoms with Gasteiger partial charge in [0, 0.05) is 22.1 Å². The number of likely N-dealkylation sites (tertiary alicyclic amines) is 1. The lowest BCUT2D eigenvalue weighted by Crippen LogP contribution is -2.39. The predicted molar refractivity (Wildman–Crippen MR) is 106 cm³/mol. The van der Waals surface area contributed by atoms with Gasteiger partial charge in [-0.3, -0.25) is 4.79 Å². The van der Waals surface area contributed by atoms with Crippen LogP contribution in [0.1, 0.15) is 47.1 Å². The second-order valence-corrected chi connectivity index (χ2v) is 7.70. The van der Waals surface area contributed by atoms with Crippen LogP contribution in [0.2, 0.25) is 0 Å². The molecule has 0 N–H and O–H groups in total. The quantitative estimate of drug-likeness (QED) is 0.580. The first-order valence-electron chi connectivity index (χ1n) is 9.09. The van der Waals surface area contributed by atoms with Gasteiger partial charge in [-0.25, -0.2) is 0 Å². The lowest BCUT2D eigenvalue weighted by atomic mass is 9.99. The molecule has 1 unspecified atom stereocenters. The molecule has 0 saturated carbocycles. The molecular formula is C21H20BrN3O2. The number of aryl methyl sites for hydroxylation is 1. The van der Waals surface area contributed by atoms with Crippen molar-refractivity contribution in [1.29, 1.82) is 0 Å². The van der Waals surface area contributed by atoms with E-state index in [2.05, 4.69) is 26.1 Å². The van der Waals surface area contributed by atoms with Crippen molar-refractivity contribution in [3.63, 3.8) is 0 Å². The van der Waals surface area contributed by atoms with Crippen molar-refractivity contribution in [2.45, 2.75) is 32.2 Å². The number of rotatable bonds is 3. The zero-order valence-corrected chi connectivity index (χ0v) is 16.6. The van der Waals surface area contributed by atoms with Crippen LogP contribution in [0.3, 0.4) is 0 Å². The van der Waals surface area contributed by atoms with Crippen molar-refractivity contribution < 1.29 is 9.32 Å². The molecule has 0 spiro atoms. The summed E-state index contributed by atoms with van der Waals surface area (Å²) in [6, 6.07) is 15.3. The topological polar surface area (TPSA) is 59.2 Å². The van der Waals surface area contributed by atoms with E-state index in [1.165, 1.54) is 0 Å². The van der Waals surface area contributed by atoms with E-state index in [1.54, 1.807) is 0 Å². The highest BCUT2D eigenvalue weighted by Gasteiger charge is 2.33. The van der Waals surface area contributed by atoms with E-state index in [-0.39, 0.29) is 11.9 Å². The maximum absolute atomic E-state index is 13.1. The first kappa shape index (κ1) is 17.9. The normalized spacial score (nSPS) is 17.1. The molecule has 1 saturated heterocycles. The molecule has 4 rings (SSSR count). The molecule has 2 heterocycles. The highest BCUT2D eigenvalue weighted by molar-refractivity contribution is 9.10. The molecule has 1 aliphatic rings. The number of piperidine rings is 1. The Morgan fingerprint density at radius 2 is 1.93 bits per heavy atom. The summed E-state index contributed by atoms with van der Waals surface area (Å²) in [6.45, 7) is 2.67. The van der Waals surface area contributed by atoms with Crippen molar-refractivity contribution in [3.8, 4) is 11.4 Å². The molecular weight excluding hydrogens is 406 g/mol. The molecule has 2 aromatic carbocycles. The monoisotopic (exact) mass is 425 g/mol. The Bertz CT molecular complexity index is 952. The molecule has 0 radical (unpaired) electrons. The fourth-order valence-electron chi connectivity index (χ4n) is 3.49. The van der Waals surface area contributed by atoms with E-state index in [1.807, 2.05) is 60.4 Å². The number of aromatic nitrogens is 2. The van der Waals surface area contributed by atoms with Gasteiger partial charge in [-0.1, -0.05) is 39.3 Å². The Balaban J connectivity index is 1.62. The van der Waals surface area contributed by atoms with Gasteiger partial charge in [0.2, 0.25) is 11.7 Å². The van der Waals surface area contributed by atoms with Crippen LogP contribution in [0.5, 0.6) is 0 Å². The Kier molecular flexibility index (Phi) is 5.07. The molecule has 6 heteroatoms. The van der Waals surface area contributed by atoms with Crippen molar-refractivity contribution in [2.24, 2.45) is 0 Å². The lowest BCUT2D eigenvalue weighted by molar-refractivity contribution is 0.0560.